The van der Waals surface area contributed by atoms with Crippen molar-refractivity contribution >= 4 is 28.9 Å². The summed E-state index contributed by atoms with van der Waals surface area (Å²) in [7, 11) is 0. The SMILES string of the molecule is CCCNc1cnccc1C(=O)Nc1ccc(C)cc1Cl. The number of aromatic nitrogens is 1. The molecule has 21 heavy (non-hydrogen) atoms. The van der Waals surface area contributed by atoms with E-state index in [1.165, 1.54) is 0 Å². The van der Waals surface area contributed by atoms with E-state index in [0.29, 0.717) is 16.3 Å². The predicted molar refractivity (Wildman–Crippen MR) is 87.2 cm³/mol. The Morgan fingerprint density at radius 3 is 2.81 bits per heavy atom. The van der Waals surface area contributed by atoms with Gasteiger partial charge in [0.2, 0.25) is 0 Å². The summed E-state index contributed by atoms with van der Waals surface area (Å²) < 4.78 is 0. The Bertz CT molecular complexity index is 643. The molecule has 0 fully saturated rings. The van der Waals surface area contributed by atoms with Gasteiger partial charge in [-0.1, -0.05) is 24.6 Å². The van der Waals surface area contributed by atoms with Gasteiger partial charge in [-0.15, -0.1) is 0 Å². The van der Waals surface area contributed by atoms with Crippen LogP contribution in [0.15, 0.2) is 36.7 Å². The number of nitrogens with one attached hydrogen (secondary N) is 2. The summed E-state index contributed by atoms with van der Waals surface area (Å²) in [4.78, 5) is 16.4. The van der Waals surface area contributed by atoms with Gasteiger partial charge in [0, 0.05) is 12.7 Å². The molecular weight excluding hydrogens is 286 g/mol. The van der Waals surface area contributed by atoms with Gasteiger partial charge >= 0.3 is 0 Å². The average molecular weight is 304 g/mol. The van der Waals surface area contributed by atoms with E-state index in [1.54, 1.807) is 24.5 Å². The van der Waals surface area contributed by atoms with Crippen LogP contribution in [-0.4, -0.2) is 17.4 Å². The molecule has 0 unspecified atom stereocenters. The van der Waals surface area contributed by atoms with Crippen molar-refractivity contribution in [2.24, 2.45) is 0 Å². The fourth-order valence-electron chi connectivity index (χ4n) is 1.90. The van der Waals surface area contributed by atoms with E-state index in [1.807, 2.05) is 19.1 Å². The van der Waals surface area contributed by atoms with Crippen LogP contribution in [0.3, 0.4) is 0 Å². The number of halogens is 1. The van der Waals surface area contributed by atoms with Gasteiger partial charge in [-0.05, 0) is 37.1 Å². The molecule has 1 heterocycles. The molecule has 1 amide bonds. The van der Waals surface area contributed by atoms with Gasteiger partial charge in [0.15, 0.2) is 0 Å². The first kappa shape index (κ1) is 15.3. The normalized spacial score (nSPS) is 10.2. The van der Waals surface area contributed by atoms with Gasteiger partial charge in [0.05, 0.1) is 28.2 Å². The Hall–Kier alpha value is -2.07. The summed E-state index contributed by atoms with van der Waals surface area (Å²) >= 11 is 6.14. The van der Waals surface area contributed by atoms with Crippen LogP contribution in [0.25, 0.3) is 0 Å². The van der Waals surface area contributed by atoms with Crippen molar-refractivity contribution in [2.75, 3.05) is 17.2 Å². The lowest BCUT2D eigenvalue weighted by atomic mass is 10.2. The van der Waals surface area contributed by atoms with Crippen LogP contribution in [0, 0.1) is 6.92 Å². The molecule has 0 atom stereocenters. The molecule has 0 aliphatic heterocycles. The number of hydrogen-bond acceptors (Lipinski definition) is 3. The highest BCUT2D eigenvalue weighted by atomic mass is 35.5. The maximum absolute atomic E-state index is 12.4. The average Bonchev–Trinajstić information content (AvgIpc) is 2.48. The molecule has 4 nitrogen and oxygen atoms in total. The fourth-order valence-corrected chi connectivity index (χ4v) is 2.19. The largest absolute Gasteiger partial charge is 0.383 e. The standard InChI is InChI=1S/C16H18ClN3O/c1-3-7-19-15-10-18-8-6-12(15)16(21)20-14-5-4-11(2)9-13(14)17/h4-6,8-10,19H,3,7H2,1-2H3,(H,20,21). The molecular formula is C16H18ClN3O. The number of amides is 1. The molecule has 110 valence electrons. The molecule has 0 saturated heterocycles. The van der Waals surface area contributed by atoms with Crippen LogP contribution in [0.5, 0.6) is 0 Å². The minimum Gasteiger partial charge on any atom is -0.383 e. The summed E-state index contributed by atoms with van der Waals surface area (Å²) in [5.41, 5.74) is 2.92. The number of anilines is 2. The van der Waals surface area contributed by atoms with E-state index < -0.39 is 0 Å². The molecule has 2 N–H and O–H groups in total. The number of aryl methyl sites for hydroxylation is 1. The second-order valence-corrected chi connectivity index (χ2v) is 5.19. The first-order chi connectivity index (χ1) is 10.1. The van der Waals surface area contributed by atoms with Crippen molar-refractivity contribution < 1.29 is 4.79 Å². The number of pyridine rings is 1. The second kappa shape index (κ2) is 7.09. The van der Waals surface area contributed by atoms with Crippen LogP contribution in [0.2, 0.25) is 5.02 Å². The Kier molecular flexibility index (Phi) is 5.17. The van der Waals surface area contributed by atoms with Crippen molar-refractivity contribution in [2.45, 2.75) is 20.3 Å². The number of carbonyl (C=O) groups excluding carboxylic acids is 1. The third kappa shape index (κ3) is 3.95. The van der Waals surface area contributed by atoms with Gasteiger partial charge < -0.3 is 10.6 Å². The monoisotopic (exact) mass is 303 g/mol. The predicted octanol–water partition coefficient (Wildman–Crippen LogP) is 4.12. The minimum absolute atomic E-state index is 0.207. The van der Waals surface area contributed by atoms with Gasteiger partial charge in [0.25, 0.3) is 5.91 Å². The zero-order chi connectivity index (χ0) is 15.2. The Morgan fingerprint density at radius 2 is 2.10 bits per heavy atom. The highest BCUT2D eigenvalue weighted by Gasteiger charge is 2.12. The Balaban J connectivity index is 2.20. The number of hydrogen-bond donors (Lipinski definition) is 2. The Morgan fingerprint density at radius 1 is 1.29 bits per heavy atom. The molecule has 2 rings (SSSR count). The van der Waals surface area contributed by atoms with E-state index in [2.05, 4.69) is 22.5 Å². The van der Waals surface area contributed by atoms with E-state index >= 15 is 0 Å². The highest BCUT2D eigenvalue weighted by molar-refractivity contribution is 6.34. The van der Waals surface area contributed by atoms with E-state index in [-0.39, 0.29) is 5.91 Å². The molecule has 2 aromatic rings. The summed E-state index contributed by atoms with van der Waals surface area (Å²) in [6, 6.07) is 7.22. The minimum atomic E-state index is -0.207. The maximum Gasteiger partial charge on any atom is 0.257 e. The van der Waals surface area contributed by atoms with Gasteiger partial charge in [0.1, 0.15) is 0 Å². The zero-order valence-corrected chi connectivity index (χ0v) is 12.9. The zero-order valence-electron chi connectivity index (χ0n) is 12.1. The van der Waals surface area contributed by atoms with Crippen molar-refractivity contribution in [3.63, 3.8) is 0 Å². The number of rotatable bonds is 5. The second-order valence-electron chi connectivity index (χ2n) is 4.79. The van der Waals surface area contributed by atoms with Crippen molar-refractivity contribution in [1.82, 2.24) is 4.98 Å². The molecule has 0 bridgehead atoms. The van der Waals surface area contributed by atoms with Crippen LogP contribution in [0.4, 0.5) is 11.4 Å². The third-order valence-electron chi connectivity index (χ3n) is 3.00. The lowest BCUT2D eigenvalue weighted by Crippen LogP contribution is -2.15. The van der Waals surface area contributed by atoms with Crippen LogP contribution >= 0.6 is 11.6 Å². The van der Waals surface area contributed by atoms with Gasteiger partial charge in [-0.2, -0.15) is 0 Å². The lowest BCUT2D eigenvalue weighted by Gasteiger charge is -2.12. The summed E-state index contributed by atoms with van der Waals surface area (Å²) in [5.74, 6) is -0.207. The first-order valence-corrected chi connectivity index (χ1v) is 7.25. The summed E-state index contributed by atoms with van der Waals surface area (Å²) in [5, 5.41) is 6.56. The van der Waals surface area contributed by atoms with Crippen molar-refractivity contribution in [3.05, 3.63) is 52.8 Å². The summed E-state index contributed by atoms with van der Waals surface area (Å²) in [6.07, 6.45) is 4.23. The highest BCUT2D eigenvalue weighted by Crippen LogP contribution is 2.24. The molecule has 0 spiro atoms. The molecule has 0 saturated carbocycles. The van der Waals surface area contributed by atoms with Crippen molar-refractivity contribution in [3.8, 4) is 0 Å². The molecule has 1 aromatic carbocycles. The van der Waals surface area contributed by atoms with Crippen LogP contribution in [0.1, 0.15) is 29.3 Å². The smallest absolute Gasteiger partial charge is 0.257 e. The first-order valence-electron chi connectivity index (χ1n) is 6.87. The lowest BCUT2D eigenvalue weighted by molar-refractivity contribution is 0.102. The van der Waals surface area contributed by atoms with E-state index in [9.17, 15) is 4.79 Å². The fraction of sp³-hybridized carbons (Fsp3) is 0.250. The van der Waals surface area contributed by atoms with Crippen molar-refractivity contribution in [1.29, 1.82) is 0 Å². The Labute approximate surface area is 129 Å². The number of benzene rings is 1. The molecule has 0 radical (unpaired) electrons. The molecule has 5 heteroatoms. The van der Waals surface area contributed by atoms with E-state index in [0.717, 1.165) is 24.2 Å². The van der Waals surface area contributed by atoms with Gasteiger partial charge in [-0.3, -0.25) is 9.78 Å². The quantitative estimate of drug-likeness (QED) is 0.873. The van der Waals surface area contributed by atoms with Crippen LogP contribution in [-0.2, 0) is 0 Å². The molecule has 0 aliphatic carbocycles. The molecule has 1 aromatic heterocycles. The molecule has 0 aliphatic rings. The summed E-state index contributed by atoms with van der Waals surface area (Å²) in [6.45, 7) is 4.81. The topological polar surface area (TPSA) is 54.0 Å². The number of nitrogens with zero attached hydrogens (tertiary/aromatic N) is 1. The van der Waals surface area contributed by atoms with Crippen LogP contribution < -0.4 is 10.6 Å². The maximum atomic E-state index is 12.4. The van der Waals surface area contributed by atoms with E-state index in [4.69, 9.17) is 11.6 Å². The van der Waals surface area contributed by atoms with Gasteiger partial charge in [-0.25, -0.2) is 0 Å². The third-order valence-corrected chi connectivity index (χ3v) is 3.32. The number of carbonyl (C=O) groups is 1.